The van der Waals surface area contributed by atoms with E-state index in [1.165, 1.54) is 24.5 Å². The summed E-state index contributed by atoms with van der Waals surface area (Å²) in [5, 5.41) is 0. The Labute approximate surface area is 184 Å². The normalized spacial score (nSPS) is 27.5. The van der Waals surface area contributed by atoms with Crippen molar-refractivity contribution >= 4 is 15.9 Å². The molecule has 0 amide bonds. The number of hydrogen-bond donors (Lipinski definition) is 0. The molecule has 4 atom stereocenters. The number of pyridine rings is 1. The predicted molar refractivity (Wildman–Crippen MR) is 102 cm³/mol. The first kappa shape index (κ1) is 22.2. The van der Waals surface area contributed by atoms with Crippen LogP contribution >= 0.6 is 15.9 Å². The lowest BCUT2D eigenvalue weighted by Crippen LogP contribution is -2.55. The van der Waals surface area contributed by atoms with Crippen LogP contribution in [-0.2, 0) is 20.4 Å². The van der Waals surface area contributed by atoms with Crippen molar-refractivity contribution in [2.45, 2.75) is 50.2 Å². The van der Waals surface area contributed by atoms with E-state index in [0.29, 0.717) is 10.5 Å². The zero-order valence-electron chi connectivity index (χ0n) is 16.5. The highest BCUT2D eigenvalue weighted by molar-refractivity contribution is 9.10. The highest BCUT2D eigenvalue weighted by Crippen LogP contribution is 2.37. The van der Waals surface area contributed by atoms with Crippen LogP contribution in [0.15, 0.2) is 35.2 Å². The monoisotopic (exact) mass is 505 g/mol. The molecule has 0 aromatic carbocycles. The molecule has 0 radical (unpaired) electrons. The van der Waals surface area contributed by atoms with Crippen LogP contribution in [0.1, 0.15) is 19.5 Å². The van der Waals surface area contributed by atoms with Gasteiger partial charge in [-0.25, -0.2) is 15.0 Å². The van der Waals surface area contributed by atoms with Crippen LogP contribution in [0.25, 0.3) is 0 Å². The molecule has 2 saturated heterocycles. The lowest BCUT2D eigenvalue weighted by Gasteiger charge is -2.36. The highest BCUT2D eigenvalue weighted by atomic mass is 79.9. The van der Waals surface area contributed by atoms with Crippen molar-refractivity contribution in [1.29, 1.82) is 0 Å². The van der Waals surface area contributed by atoms with Gasteiger partial charge in [-0.15, -0.1) is 0 Å². The van der Waals surface area contributed by atoms with Crippen LogP contribution in [-0.4, -0.2) is 58.4 Å². The van der Waals surface area contributed by atoms with Crippen LogP contribution < -0.4 is 9.47 Å². The summed E-state index contributed by atoms with van der Waals surface area (Å²) in [4.78, 5) is 11.7. The van der Waals surface area contributed by atoms with Crippen molar-refractivity contribution in [2.75, 3.05) is 13.2 Å². The van der Waals surface area contributed by atoms with Gasteiger partial charge in [0.2, 0.25) is 11.8 Å². The van der Waals surface area contributed by atoms with Gasteiger partial charge in [0.1, 0.15) is 35.2 Å². The van der Waals surface area contributed by atoms with E-state index < -0.39 is 42.1 Å². The molecule has 4 rings (SSSR count). The molecule has 0 N–H and O–H groups in total. The number of alkyl halides is 3. The molecule has 2 aromatic rings. The maximum atomic E-state index is 12.9. The molecule has 4 heterocycles. The van der Waals surface area contributed by atoms with Gasteiger partial charge in [-0.1, -0.05) is 6.07 Å². The summed E-state index contributed by atoms with van der Waals surface area (Å²) in [6.07, 6.45) is -3.99. The van der Waals surface area contributed by atoms with Crippen LogP contribution in [0, 0.1) is 0 Å². The Bertz CT molecular complexity index is 915. The molecule has 8 nitrogen and oxygen atoms in total. The van der Waals surface area contributed by atoms with Gasteiger partial charge >= 0.3 is 6.18 Å². The Balaban J connectivity index is 1.46. The van der Waals surface area contributed by atoms with Gasteiger partial charge in [-0.05, 0) is 35.8 Å². The van der Waals surface area contributed by atoms with Crippen molar-refractivity contribution in [3.8, 4) is 11.8 Å². The highest BCUT2D eigenvalue weighted by Gasteiger charge is 2.53. The fraction of sp³-hybridized carbons (Fsp3) is 0.526. The fourth-order valence-corrected chi connectivity index (χ4v) is 3.59. The first-order valence-corrected chi connectivity index (χ1v) is 10.2. The second-order valence-electron chi connectivity index (χ2n) is 7.44. The third kappa shape index (κ3) is 5.25. The number of aromatic nitrogens is 3. The van der Waals surface area contributed by atoms with Gasteiger partial charge < -0.3 is 23.7 Å². The SMILES string of the molecule is CC1(C)O[C@@H]2[C@H](O1)[C@@H](Oc1cccc(C(F)(F)F)n1)CO[C@@H]2COc1cnc(Br)cn1. The van der Waals surface area contributed by atoms with Crippen LogP contribution in [0.3, 0.4) is 0 Å². The van der Waals surface area contributed by atoms with Crippen molar-refractivity contribution in [3.05, 3.63) is 40.9 Å². The Kier molecular flexibility index (Phi) is 6.08. The minimum absolute atomic E-state index is 0.0541. The molecule has 2 aromatic heterocycles. The summed E-state index contributed by atoms with van der Waals surface area (Å²) in [6, 6.07) is 3.47. The van der Waals surface area contributed by atoms with E-state index in [1.54, 1.807) is 13.8 Å². The molecule has 12 heteroatoms. The number of rotatable bonds is 5. The zero-order valence-corrected chi connectivity index (χ0v) is 18.1. The van der Waals surface area contributed by atoms with Gasteiger partial charge in [0.25, 0.3) is 0 Å². The summed E-state index contributed by atoms with van der Waals surface area (Å²) < 4.78 is 68.6. The Morgan fingerprint density at radius 2 is 1.90 bits per heavy atom. The van der Waals surface area contributed by atoms with Gasteiger partial charge in [0.15, 0.2) is 11.9 Å². The van der Waals surface area contributed by atoms with Gasteiger partial charge in [0.05, 0.1) is 19.0 Å². The molecule has 168 valence electrons. The first-order valence-electron chi connectivity index (χ1n) is 9.39. The standard InChI is InChI=1S/C19H19BrF3N3O5/c1-18(2)30-16-10(8-28-15-7-24-13(20)6-25-15)27-9-11(17(16)31-18)29-14-5-3-4-12(26-14)19(21,22)23/h3-7,10-11,16-17H,8-9H2,1-2H3/t10-,11+,16+,17-/m1/s1. The smallest absolute Gasteiger partial charge is 0.433 e. The van der Waals surface area contributed by atoms with E-state index in [2.05, 4.69) is 30.9 Å². The second kappa shape index (κ2) is 8.49. The molecule has 31 heavy (non-hydrogen) atoms. The van der Waals surface area contributed by atoms with E-state index in [4.69, 9.17) is 23.7 Å². The number of fused-ring (bicyclic) bond motifs is 1. The van der Waals surface area contributed by atoms with E-state index in [9.17, 15) is 13.2 Å². The van der Waals surface area contributed by atoms with E-state index in [0.717, 1.165) is 6.07 Å². The molecule has 0 unspecified atom stereocenters. The molecule has 2 fully saturated rings. The average Bonchev–Trinajstić information content (AvgIpc) is 3.04. The molecule has 0 aliphatic carbocycles. The zero-order chi connectivity index (χ0) is 22.2. The summed E-state index contributed by atoms with van der Waals surface area (Å²) in [7, 11) is 0. The van der Waals surface area contributed by atoms with Crippen molar-refractivity contribution in [3.63, 3.8) is 0 Å². The van der Waals surface area contributed by atoms with Crippen LogP contribution in [0.4, 0.5) is 13.2 Å². The predicted octanol–water partition coefficient (Wildman–Crippen LogP) is 3.40. The van der Waals surface area contributed by atoms with E-state index >= 15 is 0 Å². The van der Waals surface area contributed by atoms with Crippen molar-refractivity contribution < 1.29 is 36.9 Å². The van der Waals surface area contributed by atoms with Gasteiger partial charge in [0, 0.05) is 6.07 Å². The molecular formula is C19H19BrF3N3O5. The number of nitrogens with zero attached hydrogens (tertiary/aromatic N) is 3. The molecule has 2 aliphatic heterocycles. The minimum Gasteiger partial charge on any atom is -0.474 e. The summed E-state index contributed by atoms with van der Waals surface area (Å²) >= 11 is 3.20. The second-order valence-corrected chi connectivity index (χ2v) is 8.25. The number of hydrogen-bond acceptors (Lipinski definition) is 8. The van der Waals surface area contributed by atoms with Gasteiger partial charge in [-0.2, -0.15) is 13.2 Å². The maximum Gasteiger partial charge on any atom is 0.433 e. The third-order valence-corrected chi connectivity index (χ3v) is 5.06. The Morgan fingerprint density at radius 3 is 2.61 bits per heavy atom. The lowest BCUT2D eigenvalue weighted by atomic mass is 10.0. The Hall–Kier alpha value is -2.02. The molecule has 0 spiro atoms. The number of ether oxygens (including phenoxy) is 5. The van der Waals surface area contributed by atoms with Gasteiger partial charge in [-0.3, -0.25) is 0 Å². The van der Waals surface area contributed by atoms with Crippen LogP contribution in [0.5, 0.6) is 11.8 Å². The summed E-state index contributed by atoms with van der Waals surface area (Å²) in [5.41, 5.74) is -1.04. The number of halogens is 4. The average molecular weight is 506 g/mol. The fourth-order valence-electron chi connectivity index (χ4n) is 3.38. The topological polar surface area (TPSA) is 84.8 Å². The maximum absolute atomic E-state index is 12.9. The molecular weight excluding hydrogens is 487 g/mol. The van der Waals surface area contributed by atoms with E-state index in [1.807, 2.05) is 0 Å². The first-order chi connectivity index (χ1) is 14.6. The van der Waals surface area contributed by atoms with Crippen molar-refractivity contribution in [2.24, 2.45) is 0 Å². The largest absolute Gasteiger partial charge is 0.474 e. The lowest BCUT2D eigenvalue weighted by molar-refractivity contribution is -0.157. The molecule has 2 aliphatic rings. The molecule has 0 bridgehead atoms. The van der Waals surface area contributed by atoms with Crippen molar-refractivity contribution in [1.82, 2.24) is 15.0 Å². The Morgan fingerprint density at radius 1 is 1.13 bits per heavy atom. The summed E-state index contributed by atoms with van der Waals surface area (Å²) in [5.74, 6) is -0.787. The molecule has 0 saturated carbocycles. The minimum atomic E-state index is -4.57. The quantitative estimate of drug-likeness (QED) is 0.611. The van der Waals surface area contributed by atoms with E-state index in [-0.39, 0.29) is 19.1 Å². The third-order valence-electron chi connectivity index (χ3n) is 4.65. The summed E-state index contributed by atoms with van der Waals surface area (Å²) in [6.45, 7) is 3.65. The van der Waals surface area contributed by atoms with Crippen LogP contribution in [0.2, 0.25) is 0 Å².